The molecule has 0 unspecified atom stereocenters. The third kappa shape index (κ3) is 2.18. The van der Waals surface area contributed by atoms with Gasteiger partial charge in [-0.2, -0.15) is 0 Å². The fraction of sp³-hybridized carbons (Fsp3) is 0.0833. The van der Waals surface area contributed by atoms with Gasteiger partial charge in [0, 0.05) is 24.3 Å². The van der Waals surface area contributed by atoms with Crippen LogP contribution in [0.5, 0.6) is 0 Å². The number of halogens is 1. The number of aliphatic hydroxyl groups is 1. The van der Waals surface area contributed by atoms with Crippen molar-refractivity contribution >= 4 is 29.3 Å². The van der Waals surface area contributed by atoms with Crippen LogP contribution in [0.1, 0.15) is 20.7 Å². The Morgan fingerprint density at radius 2 is 2.00 bits per heavy atom. The third-order valence-electron chi connectivity index (χ3n) is 2.32. The predicted molar refractivity (Wildman–Crippen MR) is 62.2 cm³/mol. The van der Waals surface area contributed by atoms with Crippen molar-refractivity contribution in [3.63, 3.8) is 0 Å². The number of hydrogen-bond acceptors (Lipinski definition) is 4. The number of aldehydes is 2. The van der Waals surface area contributed by atoms with Crippen molar-refractivity contribution in [2.45, 2.75) is 0 Å². The van der Waals surface area contributed by atoms with Crippen molar-refractivity contribution in [1.29, 1.82) is 0 Å². The molecule has 0 saturated carbocycles. The lowest BCUT2D eigenvalue weighted by molar-refractivity contribution is -0.104. The number of nitrogens with one attached hydrogen (secondary N) is 1. The molecule has 0 atom stereocenters. The molecule has 0 aliphatic carbocycles. The second-order valence-electron chi connectivity index (χ2n) is 3.19. The van der Waals surface area contributed by atoms with Gasteiger partial charge in [-0.3, -0.25) is 14.4 Å². The molecule has 5 nitrogen and oxygen atoms in total. The van der Waals surface area contributed by atoms with E-state index in [9.17, 15) is 18.8 Å². The SMILES string of the molecule is CO.O=CC(=O)c1c[nH]c2c(C=O)ccc(F)c12. The number of Topliss-reactive ketones (excluding diaryl/α,β-unsaturated/α-hetero) is 1. The van der Waals surface area contributed by atoms with E-state index in [-0.39, 0.29) is 28.3 Å². The van der Waals surface area contributed by atoms with E-state index < -0.39 is 11.6 Å². The minimum Gasteiger partial charge on any atom is -0.400 e. The molecule has 2 aromatic rings. The number of rotatable bonds is 3. The second kappa shape index (κ2) is 5.83. The van der Waals surface area contributed by atoms with Crippen molar-refractivity contribution in [1.82, 2.24) is 4.98 Å². The molecule has 0 amide bonds. The number of ketones is 1. The zero-order valence-electron chi connectivity index (χ0n) is 9.44. The Bertz CT molecular complexity index is 603. The lowest BCUT2D eigenvalue weighted by atomic mass is 10.1. The lowest BCUT2D eigenvalue weighted by Crippen LogP contribution is -1.99. The highest BCUT2D eigenvalue weighted by atomic mass is 19.1. The fourth-order valence-electron chi connectivity index (χ4n) is 1.58. The van der Waals surface area contributed by atoms with Gasteiger partial charge >= 0.3 is 0 Å². The molecule has 6 heteroatoms. The van der Waals surface area contributed by atoms with Crippen LogP contribution in [0.2, 0.25) is 0 Å². The van der Waals surface area contributed by atoms with Gasteiger partial charge in [-0.15, -0.1) is 0 Å². The second-order valence-corrected chi connectivity index (χ2v) is 3.19. The molecule has 0 aliphatic heterocycles. The fourth-order valence-corrected chi connectivity index (χ4v) is 1.58. The van der Waals surface area contributed by atoms with Crippen molar-refractivity contribution in [3.8, 4) is 0 Å². The van der Waals surface area contributed by atoms with Gasteiger partial charge in [-0.05, 0) is 12.1 Å². The summed E-state index contributed by atoms with van der Waals surface area (Å²) in [7, 11) is 1.00. The molecule has 0 radical (unpaired) electrons. The maximum absolute atomic E-state index is 13.5. The summed E-state index contributed by atoms with van der Waals surface area (Å²) in [6.07, 6.45) is 1.88. The summed E-state index contributed by atoms with van der Waals surface area (Å²) in [6, 6.07) is 2.39. The largest absolute Gasteiger partial charge is 0.400 e. The van der Waals surface area contributed by atoms with Crippen molar-refractivity contribution < 1.29 is 23.9 Å². The molecule has 0 fully saturated rings. The first kappa shape index (κ1) is 13.7. The summed E-state index contributed by atoms with van der Waals surface area (Å²) in [5, 5.41) is 6.97. The number of carbonyl (C=O) groups excluding carboxylic acids is 3. The summed E-state index contributed by atoms with van der Waals surface area (Å²) >= 11 is 0. The topological polar surface area (TPSA) is 87.2 Å². The van der Waals surface area contributed by atoms with Gasteiger partial charge in [0.1, 0.15) is 5.82 Å². The van der Waals surface area contributed by atoms with Crippen LogP contribution in [0.25, 0.3) is 10.9 Å². The molecular formula is C12H10FNO4. The molecule has 0 aliphatic rings. The zero-order chi connectivity index (χ0) is 13.7. The van der Waals surface area contributed by atoms with E-state index >= 15 is 0 Å². The number of aromatic nitrogens is 1. The molecule has 2 rings (SSSR count). The highest BCUT2D eigenvalue weighted by Gasteiger charge is 2.16. The Morgan fingerprint density at radius 1 is 1.33 bits per heavy atom. The molecule has 0 saturated heterocycles. The van der Waals surface area contributed by atoms with E-state index in [1.807, 2.05) is 0 Å². The third-order valence-corrected chi connectivity index (χ3v) is 2.32. The summed E-state index contributed by atoms with van der Waals surface area (Å²) in [5.41, 5.74) is 0.396. The van der Waals surface area contributed by atoms with Crippen LogP contribution in [0.15, 0.2) is 18.3 Å². The quantitative estimate of drug-likeness (QED) is 0.486. The van der Waals surface area contributed by atoms with E-state index in [0.717, 1.165) is 13.2 Å². The van der Waals surface area contributed by atoms with Gasteiger partial charge in [-0.1, -0.05) is 0 Å². The van der Waals surface area contributed by atoms with Crippen molar-refractivity contribution in [2.75, 3.05) is 7.11 Å². The first-order valence-electron chi connectivity index (χ1n) is 4.88. The first-order valence-corrected chi connectivity index (χ1v) is 4.88. The molecule has 1 aromatic heterocycles. The highest BCUT2D eigenvalue weighted by Crippen LogP contribution is 2.24. The van der Waals surface area contributed by atoms with Crippen LogP contribution in [-0.2, 0) is 4.79 Å². The Labute approximate surface area is 101 Å². The lowest BCUT2D eigenvalue weighted by Gasteiger charge is -1.97. The normalized spacial score (nSPS) is 9.50. The first-order chi connectivity index (χ1) is 8.69. The minimum atomic E-state index is -0.826. The summed E-state index contributed by atoms with van der Waals surface area (Å²) in [4.78, 5) is 34.9. The number of fused-ring (bicyclic) bond motifs is 1. The summed E-state index contributed by atoms with van der Waals surface area (Å²) in [6.45, 7) is 0. The van der Waals surface area contributed by atoms with Crippen LogP contribution < -0.4 is 0 Å². The number of H-pyrrole nitrogens is 1. The maximum atomic E-state index is 13.5. The molecule has 18 heavy (non-hydrogen) atoms. The van der Waals surface area contributed by atoms with Gasteiger partial charge in [0.25, 0.3) is 0 Å². The van der Waals surface area contributed by atoms with Crippen molar-refractivity contribution in [3.05, 3.63) is 35.3 Å². The number of benzene rings is 1. The standard InChI is InChI=1S/C11H6FNO3.CH4O/c12-8-2-1-6(4-14)11-10(8)7(3-13-11)9(16)5-15;1-2/h1-5,13H;2H,1H3. The van der Waals surface area contributed by atoms with Crippen LogP contribution >= 0.6 is 0 Å². The Hall–Kier alpha value is -2.34. The average Bonchev–Trinajstić information content (AvgIpc) is 2.86. The van der Waals surface area contributed by atoms with E-state index in [2.05, 4.69) is 4.98 Å². The van der Waals surface area contributed by atoms with E-state index in [0.29, 0.717) is 6.29 Å². The maximum Gasteiger partial charge on any atom is 0.227 e. The number of carbonyl (C=O) groups is 3. The molecule has 2 N–H and O–H groups in total. The average molecular weight is 251 g/mol. The van der Waals surface area contributed by atoms with E-state index in [1.54, 1.807) is 0 Å². The summed E-state index contributed by atoms with van der Waals surface area (Å²) in [5.74, 6) is -1.47. The Morgan fingerprint density at radius 3 is 2.56 bits per heavy atom. The van der Waals surface area contributed by atoms with Crippen LogP contribution in [0.4, 0.5) is 4.39 Å². The van der Waals surface area contributed by atoms with E-state index in [1.165, 1.54) is 12.3 Å². The van der Waals surface area contributed by atoms with Crippen LogP contribution in [0.3, 0.4) is 0 Å². The molecule has 94 valence electrons. The monoisotopic (exact) mass is 251 g/mol. The van der Waals surface area contributed by atoms with Crippen LogP contribution in [-0.4, -0.2) is 35.6 Å². The minimum absolute atomic E-state index is 0.0262. The van der Waals surface area contributed by atoms with Crippen LogP contribution in [0, 0.1) is 5.82 Å². The molecule has 1 heterocycles. The summed E-state index contributed by atoms with van der Waals surface area (Å²) < 4.78 is 13.5. The van der Waals surface area contributed by atoms with Gasteiger partial charge < -0.3 is 10.1 Å². The molecule has 1 aromatic carbocycles. The highest BCUT2D eigenvalue weighted by molar-refractivity contribution is 6.36. The Balaban J connectivity index is 0.000000771. The smallest absolute Gasteiger partial charge is 0.227 e. The van der Waals surface area contributed by atoms with E-state index in [4.69, 9.17) is 5.11 Å². The number of aromatic amines is 1. The van der Waals surface area contributed by atoms with Gasteiger partial charge in [-0.25, -0.2) is 4.39 Å². The molecular weight excluding hydrogens is 241 g/mol. The molecule has 0 bridgehead atoms. The van der Waals surface area contributed by atoms with Crippen molar-refractivity contribution in [2.24, 2.45) is 0 Å². The van der Waals surface area contributed by atoms with Gasteiger partial charge in [0.05, 0.1) is 11.1 Å². The van der Waals surface area contributed by atoms with Gasteiger partial charge in [0.2, 0.25) is 5.78 Å². The van der Waals surface area contributed by atoms with Gasteiger partial charge in [0.15, 0.2) is 12.6 Å². The Kier molecular flexibility index (Phi) is 4.45. The zero-order valence-corrected chi connectivity index (χ0v) is 9.44. The number of hydrogen-bond donors (Lipinski definition) is 2. The predicted octanol–water partition coefficient (Wildman–Crippen LogP) is 1.11. The number of aliphatic hydroxyl groups excluding tert-OH is 1. The molecule has 0 spiro atoms.